The molecule has 1 saturated heterocycles. The van der Waals surface area contributed by atoms with Gasteiger partial charge in [-0.25, -0.2) is 0 Å². The van der Waals surface area contributed by atoms with E-state index in [0.717, 1.165) is 41.6 Å². The summed E-state index contributed by atoms with van der Waals surface area (Å²) in [6.45, 7) is 1.51. The van der Waals surface area contributed by atoms with E-state index in [2.05, 4.69) is 41.7 Å². The van der Waals surface area contributed by atoms with E-state index in [4.69, 9.17) is 0 Å². The van der Waals surface area contributed by atoms with E-state index in [1.165, 1.54) is 0 Å². The molecule has 2 heteroatoms. The molecule has 0 radical (unpaired) electrons. The van der Waals surface area contributed by atoms with E-state index in [1.807, 2.05) is 36.4 Å². The Hall–Kier alpha value is -2.45. The van der Waals surface area contributed by atoms with Crippen LogP contribution in [0, 0.1) is 5.92 Å². The van der Waals surface area contributed by atoms with Gasteiger partial charge in [-0.3, -0.25) is 0 Å². The van der Waals surface area contributed by atoms with E-state index < -0.39 is 0 Å². The Kier molecular flexibility index (Phi) is 4.62. The molecule has 0 bridgehead atoms. The van der Waals surface area contributed by atoms with E-state index in [0.29, 0.717) is 0 Å². The Morgan fingerprint density at radius 1 is 0.773 bits per heavy atom. The number of rotatable bonds is 3. The minimum absolute atomic E-state index is 0.137. The normalized spacial score (nSPS) is 21.9. The molecular weight excluding hydrogens is 270 g/mol. The van der Waals surface area contributed by atoms with Gasteiger partial charge in [0.1, 0.15) is 6.29 Å². The summed E-state index contributed by atoms with van der Waals surface area (Å²) in [7, 11) is 0. The van der Waals surface area contributed by atoms with Crippen LogP contribution in [0.1, 0.15) is 11.1 Å². The van der Waals surface area contributed by atoms with Gasteiger partial charge in [0.05, 0.1) is 5.92 Å². The molecule has 110 valence electrons. The van der Waals surface area contributed by atoms with Crippen LogP contribution < -0.4 is 5.32 Å². The molecule has 0 saturated carbocycles. The van der Waals surface area contributed by atoms with E-state index in [-0.39, 0.29) is 5.92 Å². The van der Waals surface area contributed by atoms with Crippen LogP contribution in [-0.4, -0.2) is 19.4 Å². The van der Waals surface area contributed by atoms with Crippen molar-refractivity contribution in [1.82, 2.24) is 5.32 Å². The maximum absolute atomic E-state index is 11.7. The van der Waals surface area contributed by atoms with Crippen LogP contribution in [0.2, 0.25) is 0 Å². The Labute approximate surface area is 131 Å². The highest BCUT2D eigenvalue weighted by Gasteiger charge is 2.22. The molecule has 1 heterocycles. The van der Waals surface area contributed by atoms with Crippen molar-refractivity contribution in [3.63, 3.8) is 0 Å². The van der Waals surface area contributed by atoms with Crippen molar-refractivity contribution in [1.29, 1.82) is 0 Å². The van der Waals surface area contributed by atoms with Crippen LogP contribution in [0.15, 0.2) is 71.8 Å². The quantitative estimate of drug-likeness (QED) is 0.875. The molecule has 1 fully saturated rings. The molecular formula is C20H19NO. The van der Waals surface area contributed by atoms with Crippen molar-refractivity contribution in [3.05, 3.63) is 82.9 Å². The van der Waals surface area contributed by atoms with Crippen LogP contribution in [0.4, 0.5) is 0 Å². The number of carbonyl (C=O) groups excluding carboxylic acids is 1. The summed E-state index contributed by atoms with van der Waals surface area (Å²) >= 11 is 0. The molecule has 0 atom stereocenters. The summed E-state index contributed by atoms with van der Waals surface area (Å²) in [5.41, 5.74) is 4.50. The number of piperidine rings is 1. The first kappa shape index (κ1) is 14.5. The summed E-state index contributed by atoms with van der Waals surface area (Å²) in [4.78, 5) is 11.7. The van der Waals surface area contributed by atoms with Gasteiger partial charge in [0.25, 0.3) is 0 Å². The molecule has 0 spiro atoms. The second-order valence-electron chi connectivity index (χ2n) is 5.48. The minimum atomic E-state index is -0.137. The molecule has 1 aliphatic heterocycles. The largest absolute Gasteiger partial charge is 0.309 e. The van der Waals surface area contributed by atoms with Gasteiger partial charge in [0, 0.05) is 13.1 Å². The summed E-state index contributed by atoms with van der Waals surface area (Å²) in [6, 6.07) is 20.3. The molecule has 2 aromatic rings. The fourth-order valence-electron chi connectivity index (χ4n) is 2.79. The number of hydrogen-bond acceptors (Lipinski definition) is 2. The molecule has 0 aromatic heterocycles. The monoisotopic (exact) mass is 289 g/mol. The van der Waals surface area contributed by atoms with Gasteiger partial charge < -0.3 is 10.1 Å². The second kappa shape index (κ2) is 7.01. The van der Waals surface area contributed by atoms with Crippen LogP contribution in [-0.2, 0) is 4.79 Å². The lowest BCUT2D eigenvalue weighted by Gasteiger charge is -2.25. The predicted molar refractivity (Wildman–Crippen MR) is 91.3 cm³/mol. The van der Waals surface area contributed by atoms with Crippen LogP contribution in [0.3, 0.4) is 0 Å². The fraction of sp³-hybridized carbons (Fsp3) is 0.150. The standard InChI is InChI=1S/C20H19NO/c22-15-20-18(11-16-7-3-1-4-8-16)13-21-14-19(20)12-17-9-5-2-6-10-17/h1-12,15,20-21H,13-14H2. The zero-order chi connectivity index (χ0) is 15.2. The molecule has 1 aliphatic rings. The molecule has 1 N–H and O–H groups in total. The summed E-state index contributed by atoms with van der Waals surface area (Å²) < 4.78 is 0. The van der Waals surface area contributed by atoms with Crippen LogP contribution in [0.25, 0.3) is 12.2 Å². The van der Waals surface area contributed by atoms with Crippen LogP contribution in [0.5, 0.6) is 0 Å². The second-order valence-corrected chi connectivity index (χ2v) is 5.48. The highest BCUT2D eigenvalue weighted by molar-refractivity contribution is 5.74. The van der Waals surface area contributed by atoms with Gasteiger partial charge in [0.15, 0.2) is 0 Å². The maximum atomic E-state index is 11.7. The average molecular weight is 289 g/mol. The maximum Gasteiger partial charge on any atom is 0.131 e. The van der Waals surface area contributed by atoms with Crippen molar-refractivity contribution in [2.75, 3.05) is 13.1 Å². The first-order valence-electron chi connectivity index (χ1n) is 7.54. The number of benzene rings is 2. The van der Waals surface area contributed by atoms with Crippen LogP contribution >= 0.6 is 0 Å². The molecule has 22 heavy (non-hydrogen) atoms. The molecule has 0 aliphatic carbocycles. The van der Waals surface area contributed by atoms with Gasteiger partial charge in [0.2, 0.25) is 0 Å². The first-order valence-corrected chi connectivity index (χ1v) is 7.54. The smallest absolute Gasteiger partial charge is 0.131 e. The van der Waals surface area contributed by atoms with Gasteiger partial charge in [-0.15, -0.1) is 0 Å². The fourth-order valence-corrected chi connectivity index (χ4v) is 2.79. The topological polar surface area (TPSA) is 29.1 Å². The van der Waals surface area contributed by atoms with E-state index in [9.17, 15) is 4.79 Å². The number of aldehydes is 1. The van der Waals surface area contributed by atoms with Gasteiger partial charge >= 0.3 is 0 Å². The first-order chi connectivity index (χ1) is 10.9. The number of carbonyl (C=O) groups is 1. The van der Waals surface area contributed by atoms with Crippen molar-refractivity contribution in [3.8, 4) is 0 Å². The SMILES string of the molecule is O=CC1C(=Cc2ccccc2)CNCC1=Cc1ccccc1. The highest BCUT2D eigenvalue weighted by atomic mass is 16.1. The molecule has 0 amide bonds. The zero-order valence-corrected chi connectivity index (χ0v) is 12.4. The third kappa shape index (κ3) is 3.41. The zero-order valence-electron chi connectivity index (χ0n) is 12.4. The van der Waals surface area contributed by atoms with Crippen molar-refractivity contribution < 1.29 is 4.79 Å². The van der Waals surface area contributed by atoms with E-state index in [1.54, 1.807) is 0 Å². The Morgan fingerprint density at radius 2 is 1.23 bits per heavy atom. The number of nitrogens with one attached hydrogen (secondary N) is 1. The predicted octanol–water partition coefficient (Wildman–Crippen LogP) is 3.57. The lowest BCUT2D eigenvalue weighted by molar-refractivity contribution is -0.109. The summed E-state index contributed by atoms with van der Waals surface area (Å²) in [6.07, 6.45) is 5.29. The molecule has 3 rings (SSSR count). The minimum Gasteiger partial charge on any atom is -0.309 e. The van der Waals surface area contributed by atoms with E-state index >= 15 is 0 Å². The Morgan fingerprint density at radius 3 is 1.64 bits per heavy atom. The van der Waals surface area contributed by atoms with Crippen molar-refractivity contribution in [2.24, 2.45) is 5.92 Å². The lowest BCUT2D eigenvalue weighted by Crippen LogP contribution is -2.33. The van der Waals surface area contributed by atoms with Crippen molar-refractivity contribution in [2.45, 2.75) is 0 Å². The van der Waals surface area contributed by atoms with Gasteiger partial charge in [-0.05, 0) is 22.3 Å². The average Bonchev–Trinajstić information content (AvgIpc) is 2.57. The molecule has 2 aromatic carbocycles. The Balaban J connectivity index is 1.92. The third-order valence-corrected chi connectivity index (χ3v) is 3.90. The van der Waals surface area contributed by atoms with Crippen molar-refractivity contribution >= 4 is 18.4 Å². The Bertz CT molecular complexity index is 629. The number of hydrogen-bond donors (Lipinski definition) is 1. The molecule has 2 nitrogen and oxygen atoms in total. The summed E-state index contributed by atoms with van der Waals surface area (Å²) in [5, 5.41) is 3.39. The molecule has 0 unspecified atom stereocenters. The van der Waals surface area contributed by atoms with Gasteiger partial charge in [-0.2, -0.15) is 0 Å². The summed E-state index contributed by atoms with van der Waals surface area (Å²) in [5.74, 6) is -0.137. The highest BCUT2D eigenvalue weighted by Crippen LogP contribution is 2.25. The van der Waals surface area contributed by atoms with Gasteiger partial charge in [-0.1, -0.05) is 72.8 Å². The lowest BCUT2D eigenvalue weighted by atomic mass is 9.86. The third-order valence-electron chi connectivity index (χ3n) is 3.90.